The molecule has 1 aromatic carbocycles. The Morgan fingerprint density at radius 3 is 2.74 bits per heavy atom. The molecule has 1 rings (SSSR count). The first kappa shape index (κ1) is 15.7. The summed E-state index contributed by atoms with van der Waals surface area (Å²) in [5.74, 6) is -0.508. The van der Waals surface area contributed by atoms with Crippen molar-refractivity contribution in [2.45, 2.75) is 33.2 Å². The van der Waals surface area contributed by atoms with Gasteiger partial charge in [0.1, 0.15) is 0 Å². The van der Waals surface area contributed by atoms with Crippen LogP contribution in [-0.2, 0) is 9.53 Å². The Bertz CT molecular complexity index is 474. The molecule has 0 saturated heterocycles. The molecule has 1 unspecified atom stereocenters. The van der Waals surface area contributed by atoms with Crippen molar-refractivity contribution in [3.05, 3.63) is 33.8 Å². The zero-order chi connectivity index (χ0) is 14.4. The average molecular weight is 328 g/mol. The van der Waals surface area contributed by atoms with Crippen LogP contribution in [0.15, 0.2) is 22.7 Å². The lowest BCUT2D eigenvalue weighted by molar-refractivity contribution is -0.143. The van der Waals surface area contributed by atoms with Crippen LogP contribution in [-0.4, -0.2) is 24.5 Å². The van der Waals surface area contributed by atoms with Gasteiger partial charge in [-0.3, -0.25) is 9.59 Å². The second-order valence-corrected chi connectivity index (χ2v) is 5.11. The maximum absolute atomic E-state index is 12.1. The number of hydrogen-bond acceptors (Lipinski definition) is 3. The molecule has 0 bridgehead atoms. The molecule has 104 valence electrons. The molecule has 5 heteroatoms. The molecule has 0 aliphatic carbocycles. The topological polar surface area (TPSA) is 55.4 Å². The predicted octanol–water partition coefficient (Wildman–Crippen LogP) is 2.83. The van der Waals surface area contributed by atoms with Crippen molar-refractivity contribution in [2.24, 2.45) is 0 Å². The highest BCUT2D eigenvalue weighted by Crippen LogP contribution is 2.21. The van der Waals surface area contributed by atoms with Crippen molar-refractivity contribution in [2.75, 3.05) is 6.61 Å². The van der Waals surface area contributed by atoms with Crippen LogP contribution < -0.4 is 5.32 Å². The highest BCUT2D eigenvalue weighted by Gasteiger charge is 2.16. The van der Waals surface area contributed by atoms with E-state index in [1.165, 1.54) is 0 Å². The molecule has 0 aromatic heterocycles. The van der Waals surface area contributed by atoms with Crippen LogP contribution in [0.3, 0.4) is 0 Å². The summed E-state index contributed by atoms with van der Waals surface area (Å²) < 4.78 is 5.62. The van der Waals surface area contributed by atoms with Gasteiger partial charge in [0.2, 0.25) is 0 Å². The fourth-order valence-electron chi connectivity index (χ4n) is 1.65. The maximum atomic E-state index is 12.1. The first-order valence-corrected chi connectivity index (χ1v) is 6.96. The minimum atomic E-state index is -0.307. The first-order valence-electron chi connectivity index (χ1n) is 6.17. The summed E-state index contributed by atoms with van der Waals surface area (Å²) in [4.78, 5) is 23.4. The van der Waals surface area contributed by atoms with E-state index in [2.05, 4.69) is 21.2 Å². The molecule has 1 atom stereocenters. The van der Waals surface area contributed by atoms with Gasteiger partial charge < -0.3 is 10.1 Å². The molecule has 0 radical (unpaired) electrons. The number of carbonyl (C=O) groups is 2. The Labute approximate surface area is 121 Å². The molecule has 1 N–H and O–H groups in total. The molecule has 0 saturated carbocycles. The smallest absolute Gasteiger partial charge is 0.307 e. The highest BCUT2D eigenvalue weighted by molar-refractivity contribution is 9.10. The van der Waals surface area contributed by atoms with E-state index < -0.39 is 0 Å². The fourth-order valence-corrected chi connectivity index (χ4v) is 2.09. The number of halogens is 1. The van der Waals surface area contributed by atoms with Gasteiger partial charge in [-0.05, 0) is 48.3 Å². The van der Waals surface area contributed by atoms with Crippen LogP contribution >= 0.6 is 15.9 Å². The quantitative estimate of drug-likeness (QED) is 0.846. The zero-order valence-corrected chi connectivity index (χ0v) is 12.9. The van der Waals surface area contributed by atoms with Crippen molar-refractivity contribution in [1.29, 1.82) is 0 Å². The minimum Gasteiger partial charge on any atom is -0.466 e. The number of benzene rings is 1. The SMILES string of the molecule is CCOC(=O)CC(C)NC(=O)c1cccc(C)c1Br. The summed E-state index contributed by atoms with van der Waals surface area (Å²) in [5.41, 5.74) is 1.56. The number of amides is 1. The molecule has 0 aliphatic heterocycles. The van der Waals surface area contributed by atoms with Crippen LogP contribution in [0.1, 0.15) is 36.2 Å². The van der Waals surface area contributed by atoms with Crippen molar-refractivity contribution >= 4 is 27.8 Å². The summed E-state index contributed by atoms with van der Waals surface area (Å²) in [5, 5.41) is 2.78. The Hall–Kier alpha value is -1.36. The minimum absolute atomic E-state index is 0.170. The first-order chi connectivity index (χ1) is 8.95. The Morgan fingerprint density at radius 1 is 1.42 bits per heavy atom. The third-order valence-electron chi connectivity index (χ3n) is 2.59. The van der Waals surface area contributed by atoms with E-state index in [1.54, 1.807) is 19.9 Å². The van der Waals surface area contributed by atoms with Crippen LogP contribution in [0.25, 0.3) is 0 Å². The van der Waals surface area contributed by atoms with Crippen molar-refractivity contribution in [3.8, 4) is 0 Å². The lowest BCUT2D eigenvalue weighted by Gasteiger charge is -2.14. The summed E-state index contributed by atoms with van der Waals surface area (Å²) in [6.07, 6.45) is 0.170. The number of aryl methyl sites for hydroxylation is 1. The van der Waals surface area contributed by atoms with E-state index in [0.717, 1.165) is 10.0 Å². The van der Waals surface area contributed by atoms with Crippen LogP contribution in [0.2, 0.25) is 0 Å². The van der Waals surface area contributed by atoms with E-state index in [0.29, 0.717) is 12.2 Å². The van der Waals surface area contributed by atoms with Crippen LogP contribution in [0.4, 0.5) is 0 Å². The van der Waals surface area contributed by atoms with Gasteiger partial charge in [-0.1, -0.05) is 12.1 Å². The standard InChI is InChI=1S/C14H18BrNO3/c1-4-19-12(17)8-10(3)16-14(18)11-7-5-6-9(2)13(11)15/h5-7,10H,4,8H2,1-3H3,(H,16,18). The van der Waals surface area contributed by atoms with E-state index in [-0.39, 0.29) is 24.3 Å². The van der Waals surface area contributed by atoms with Gasteiger partial charge in [0, 0.05) is 10.5 Å². The maximum Gasteiger partial charge on any atom is 0.307 e. The molecule has 1 amide bonds. The molecule has 0 aliphatic rings. The number of nitrogens with one attached hydrogen (secondary N) is 1. The number of ether oxygens (including phenoxy) is 1. The van der Waals surface area contributed by atoms with Crippen molar-refractivity contribution in [3.63, 3.8) is 0 Å². The number of hydrogen-bond donors (Lipinski definition) is 1. The third kappa shape index (κ3) is 4.67. The third-order valence-corrected chi connectivity index (χ3v) is 3.64. The Morgan fingerprint density at radius 2 is 2.11 bits per heavy atom. The Kier molecular flexibility index (Phi) is 6.02. The second kappa shape index (κ2) is 7.28. The Balaban J connectivity index is 2.64. The van der Waals surface area contributed by atoms with Crippen LogP contribution in [0.5, 0.6) is 0 Å². The monoisotopic (exact) mass is 327 g/mol. The molecule has 1 aromatic rings. The molecular weight excluding hydrogens is 310 g/mol. The molecule has 19 heavy (non-hydrogen) atoms. The van der Waals surface area contributed by atoms with E-state index in [1.807, 2.05) is 19.1 Å². The van der Waals surface area contributed by atoms with Crippen LogP contribution in [0, 0.1) is 6.92 Å². The number of carbonyl (C=O) groups excluding carboxylic acids is 2. The van der Waals surface area contributed by atoms with Gasteiger partial charge in [-0.25, -0.2) is 0 Å². The molecule has 0 heterocycles. The van der Waals surface area contributed by atoms with E-state index in [4.69, 9.17) is 4.74 Å². The lowest BCUT2D eigenvalue weighted by atomic mass is 10.1. The predicted molar refractivity (Wildman–Crippen MR) is 77.1 cm³/mol. The summed E-state index contributed by atoms with van der Waals surface area (Å²) >= 11 is 3.39. The van der Waals surface area contributed by atoms with Gasteiger partial charge in [0.25, 0.3) is 5.91 Å². The number of rotatable bonds is 5. The highest BCUT2D eigenvalue weighted by atomic mass is 79.9. The fraction of sp³-hybridized carbons (Fsp3) is 0.429. The summed E-state index contributed by atoms with van der Waals surface area (Å²) in [6.45, 7) is 5.80. The van der Waals surface area contributed by atoms with Crippen molar-refractivity contribution < 1.29 is 14.3 Å². The molecular formula is C14H18BrNO3. The summed E-state index contributed by atoms with van der Waals surface area (Å²) in [7, 11) is 0. The number of esters is 1. The van der Waals surface area contributed by atoms with Gasteiger partial charge >= 0.3 is 5.97 Å². The molecule has 4 nitrogen and oxygen atoms in total. The van der Waals surface area contributed by atoms with Gasteiger partial charge in [0.15, 0.2) is 0 Å². The largest absolute Gasteiger partial charge is 0.466 e. The van der Waals surface area contributed by atoms with Crippen molar-refractivity contribution in [1.82, 2.24) is 5.32 Å². The molecule has 0 fully saturated rings. The van der Waals surface area contributed by atoms with Gasteiger partial charge in [-0.15, -0.1) is 0 Å². The normalized spacial score (nSPS) is 11.8. The van der Waals surface area contributed by atoms with E-state index >= 15 is 0 Å². The second-order valence-electron chi connectivity index (χ2n) is 4.32. The zero-order valence-electron chi connectivity index (χ0n) is 11.3. The van der Waals surface area contributed by atoms with Gasteiger partial charge in [0.05, 0.1) is 18.6 Å². The average Bonchev–Trinajstić information content (AvgIpc) is 2.32. The van der Waals surface area contributed by atoms with E-state index in [9.17, 15) is 9.59 Å². The lowest BCUT2D eigenvalue weighted by Crippen LogP contribution is -2.34. The van der Waals surface area contributed by atoms with Gasteiger partial charge in [-0.2, -0.15) is 0 Å². The molecule has 0 spiro atoms. The summed E-state index contributed by atoms with van der Waals surface area (Å²) in [6, 6.07) is 5.22.